The minimum atomic E-state index is -3.49. The van der Waals surface area contributed by atoms with Crippen LogP contribution in [-0.4, -0.2) is 46.1 Å². The van der Waals surface area contributed by atoms with Crippen molar-refractivity contribution >= 4 is 15.9 Å². The first-order valence-electron chi connectivity index (χ1n) is 6.16. The van der Waals surface area contributed by atoms with Crippen LogP contribution in [0.15, 0.2) is 24.3 Å². The molecule has 2 rings (SSSR count). The van der Waals surface area contributed by atoms with Crippen molar-refractivity contribution in [3.8, 4) is 0 Å². The Morgan fingerprint density at radius 1 is 1.37 bits per heavy atom. The summed E-state index contributed by atoms with van der Waals surface area (Å²) in [4.78, 5) is 0. The summed E-state index contributed by atoms with van der Waals surface area (Å²) in [5.41, 5.74) is 7.10. The summed E-state index contributed by atoms with van der Waals surface area (Å²) in [6.45, 7) is 2.05. The molecule has 19 heavy (non-hydrogen) atoms. The maximum atomic E-state index is 12.5. The maximum Gasteiger partial charge on any atom is 0.303 e. The highest BCUT2D eigenvalue weighted by Crippen LogP contribution is 2.20. The second-order valence-electron chi connectivity index (χ2n) is 4.36. The molecule has 1 fully saturated rings. The molecule has 1 saturated heterocycles. The largest absolute Gasteiger partial charge is 0.379 e. The first kappa shape index (κ1) is 14.3. The van der Waals surface area contributed by atoms with Crippen LogP contribution in [0.2, 0.25) is 0 Å². The third-order valence-electron chi connectivity index (χ3n) is 3.15. The van der Waals surface area contributed by atoms with Crippen LogP contribution in [0.25, 0.3) is 0 Å². The van der Waals surface area contributed by atoms with E-state index in [0.29, 0.717) is 38.5 Å². The number of hydrogen-bond acceptors (Lipinski definition) is 4. The topological polar surface area (TPSA) is 75.9 Å². The third kappa shape index (κ3) is 3.06. The number of benzene rings is 1. The van der Waals surface area contributed by atoms with E-state index in [1.54, 1.807) is 19.2 Å². The first-order valence-corrected chi connectivity index (χ1v) is 7.56. The standard InChI is InChI=1S/C12H19N3O3S/c1-14(12-4-2-3-11(9-12)10-13)19(16,17)15-5-7-18-8-6-15/h2-4,9H,5-8,10,13H2,1H3. The van der Waals surface area contributed by atoms with Gasteiger partial charge < -0.3 is 10.5 Å². The molecule has 7 heteroatoms. The molecule has 1 aliphatic rings. The Morgan fingerprint density at radius 2 is 2.05 bits per heavy atom. The van der Waals surface area contributed by atoms with Crippen molar-refractivity contribution in [2.45, 2.75) is 6.54 Å². The Balaban J connectivity index is 2.23. The normalized spacial score (nSPS) is 17.4. The van der Waals surface area contributed by atoms with Crippen LogP contribution in [0.3, 0.4) is 0 Å². The fourth-order valence-electron chi connectivity index (χ4n) is 1.96. The SMILES string of the molecule is CN(c1cccc(CN)c1)S(=O)(=O)N1CCOCC1. The zero-order valence-corrected chi connectivity index (χ0v) is 11.8. The molecule has 6 nitrogen and oxygen atoms in total. The molecule has 1 aliphatic heterocycles. The second kappa shape index (κ2) is 5.87. The van der Waals surface area contributed by atoms with Gasteiger partial charge in [0.2, 0.25) is 0 Å². The molecule has 2 N–H and O–H groups in total. The van der Waals surface area contributed by atoms with Gasteiger partial charge in [0.15, 0.2) is 0 Å². The number of nitrogens with zero attached hydrogens (tertiary/aromatic N) is 2. The number of morpholine rings is 1. The Morgan fingerprint density at radius 3 is 2.68 bits per heavy atom. The van der Waals surface area contributed by atoms with E-state index in [4.69, 9.17) is 10.5 Å². The minimum absolute atomic E-state index is 0.388. The first-order chi connectivity index (χ1) is 9.05. The lowest BCUT2D eigenvalue weighted by Crippen LogP contribution is -2.47. The highest BCUT2D eigenvalue weighted by atomic mass is 32.2. The molecule has 106 valence electrons. The van der Waals surface area contributed by atoms with E-state index in [1.165, 1.54) is 8.61 Å². The quantitative estimate of drug-likeness (QED) is 0.855. The van der Waals surface area contributed by atoms with Crippen molar-refractivity contribution in [2.24, 2.45) is 5.73 Å². The molecule has 1 aromatic rings. The van der Waals surface area contributed by atoms with Gasteiger partial charge in [-0.15, -0.1) is 0 Å². The van der Waals surface area contributed by atoms with Gasteiger partial charge in [0.05, 0.1) is 18.9 Å². The number of ether oxygens (including phenoxy) is 1. The van der Waals surface area contributed by atoms with Gasteiger partial charge >= 0.3 is 10.2 Å². The van der Waals surface area contributed by atoms with Gasteiger partial charge in [-0.2, -0.15) is 12.7 Å². The van der Waals surface area contributed by atoms with E-state index in [0.717, 1.165) is 5.56 Å². The monoisotopic (exact) mass is 285 g/mol. The van der Waals surface area contributed by atoms with Crippen molar-refractivity contribution in [3.05, 3.63) is 29.8 Å². The van der Waals surface area contributed by atoms with Gasteiger partial charge in [-0.25, -0.2) is 0 Å². The van der Waals surface area contributed by atoms with Crippen LogP contribution in [0, 0.1) is 0 Å². The van der Waals surface area contributed by atoms with Crippen LogP contribution in [0.5, 0.6) is 0 Å². The Labute approximate surface area is 113 Å². The number of hydrogen-bond donors (Lipinski definition) is 1. The Kier molecular flexibility index (Phi) is 4.41. The van der Waals surface area contributed by atoms with Gasteiger partial charge in [-0.1, -0.05) is 12.1 Å². The van der Waals surface area contributed by atoms with Gasteiger partial charge in [-0.3, -0.25) is 4.31 Å². The Bertz CT molecular complexity index is 527. The predicted molar refractivity (Wildman–Crippen MR) is 74.0 cm³/mol. The molecule has 1 aromatic carbocycles. The molecule has 0 atom stereocenters. The van der Waals surface area contributed by atoms with Crippen molar-refractivity contribution in [1.29, 1.82) is 0 Å². The lowest BCUT2D eigenvalue weighted by atomic mass is 10.2. The average Bonchev–Trinajstić information content (AvgIpc) is 2.47. The minimum Gasteiger partial charge on any atom is -0.379 e. The van der Waals surface area contributed by atoms with Crippen LogP contribution in [0.1, 0.15) is 5.56 Å². The van der Waals surface area contributed by atoms with E-state index < -0.39 is 10.2 Å². The molecule has 0 amide bonds. The molecule has 1 heterocycles. The highest BCUT2D eigenvalue weighted by Gasteiger charge is 2.28. The summed E-state index contributed by atoms with van der Waals surface area (Å²) in [5, 5.41) is 0. The van der Waals surface area contributed by atoms with E-state index in [9.17, 15) is 8.42 Å². The summed E-state index contributed by atoms with van der Waals surface area (Å²) in [7, 11) is -1.94. The predicted octanol–water partition coefficient (Wildman–Crippen LogP) is 0.159. The zero-order valence-electron chi connectivity index (χ0n) is 10.9. The molecule has 0 aromatic heterocycles. The zero-order chi connectivity index (χ0) is 13.9. The van der Waals surface area contributed by atoms with E-state index in [-0.39, 0.29) is 0 Å². The van der Waals surface area contributed by atoms with Gasteiger partial charge in [0, 0.05) is 26.7 Å². The van der Waals surface area contributed by atoms with Crippen molar-refractivity contribution in [3.63, 3.8) is 0 Å². The molecule has 0 bridgehead atoms. The number of nitrogens with two attached hydrogens (primary N) is 1. The smallest absolute Gasteiger partial charge is 0.303 e. The van der Waals surface area contributed by atoms with E-state index in [1.807, 2.05) is 12.1 Å². The summed E-state index contributed by atoms with van der Waals surface area (Å²) < 4.78 is 32.8. The van der Waals surface area contributed by atoms with Crippen LogP contribution in [-0.2, 0) is 21.5 Å². The van der Waals surface area contributed by atoms with Crippen LogP contribution in [0.4, 0.5) is 5.69 Å². The maximum absolute atomic E-state index is 12.5. The Hall–Kier alpha value is -1.15. The average molecular weight is 285 g/mol. The van der Waals surface area contributed by atoms with Crippen molar-refractivity contribution < 1.29 is 13.2 Å². The molecular formula is C12H19N3O3S. The summed E-state index contributed by atoms with van der Waals surface area (Å²) in [5.74, 6) is 0. The van der Waals surface area contributed by atoms with Crippen molar-refractivity contribution in [1.82, 2.24) is 4.31 Å². The molecule has 0 unspecified atom stereocenters. The molecular weight excluding hydrogens is 266 g/mol. The van der Waals surface area contributed by atoms with Crippen LogP contribution < -0.4 is 10.0 Å². The van der Waals surface area contributed by atoms with Gasteiger partial charge in [-0.05, 0) is 17.7 Å². The number of anilines is 1. The summed E-state index contributed by atoms with van der Waals surface area (Å²) >= 11 is 0. The van der Waals surface area contributed by atoms with Gasteiger partial charge in [0.25, 0.3) is 0 Å². The lowest BCUT2D eigenvalue weighted by Gasteiger charge is -2.31. The highest BCUT2D eigenvalue weighted by molar-refractivity contribution is 7.90. The lowest BCUT2D eigenvalue weighted by molar-refractivity contribution is 0.0730. The van der Waals surface area contributed by atoms with E-state index >= 15 is 0 Å². The fourth-order valence-corrected chi connectivity index (χ4v) is 3.30. The summed E-state index contributed by atoms with van der Waals surface area (Å²) in [6, 6.07) is 7.23. The third-order valence-corrected chi connectivity index (χ3v) is 5.07. The second-order valence-corrected chi connectivity index (χ2v) is 6.32. The fraction of sp³-hybridized carbons (Fsp3) is 0.500. The molecule has 0 saturated carbocycles. The van der Waals surface area contributed by atoms with Gasteiger partial charge in [0.1, 0.15) is 0 Å². The molecule has 0 aliphatic carbocycles. The molecule has 0 spiro atoms. The summed E-state index contributed by atoms with van der Waals surface area (Å²) in [6.07, 6.45) is 0. The van der Waals surface area contributed by atoms with E-state index in [2.05, 4.69) is 0 Å². The molecule has 0 radical (unpaired) electrons. The van der Waals surface area contributed by atoms with Crippen LogP contribution >= 0.6 is 0 Å². The van der Waals surface area contributed by atoms with Crippen molar-refractivity contribution in [2.75, 3.05) is 37.7 Å². The number of rotatable bonds is 4.